The average molecular weight is 367 g/mol. The van der Waals surface area contributed by atoms with Crippen molar-refractivity contribution in [3.8, 4) is 0 Å². The molecule has 0 unspecified atom stereocenters. The third-order valence-corrected chi connectivity index (χ3v) is 6.44. The van der Waals surface area contributed by atoms with Gasteiger partial charge in [0, 0.05) is 32.8 Å². The van der Waals surface area contributed by atoms with Gasteiger partial charge in [-0.05, 0) is 31.0 Å². The Morgan fingerprint density at radius 1 is 1.32 bits per heavy atom. The lowest BCUT2D eigenvalue weighted by Crippen LogP contribution is -2.39. The van der Waals surface area contributed by atoms with E-state index in [4.69, 9.17) is 5.73 Å². The molecular formula is C11H15BrN2O3S2. The monoisotopic (exact) mass is 366 g/mol. The molecule has 0 radical (unpaired) electrons. The minimum Gasteiger partial charge on any atom is -0.398 e. The summed E-state index contributed by atoms with van der Waals surface area (Å²) in [5, 5.41) is 0. The number of hydrogen-bond donors (Lipinski definition) is 2. The lowest BCUT2D eigenvalue weighted by atomic mass is 10.2. The Morgan fingerprint density at radius 3 is 2.53 bits per heavy atom. The first-order valence-corrected chi connectivity index (χ1v) is 9.57. The molecule has 0 aromatic heterocycles. The van der Waals surface area contributed by atoms with Crippen LogP contribution in [0.3, 0.4) is 0 Å². The molecule has 0 atom stereocenters. The molecule has 2 rings (SSSR count). The van der Waals surface area contributed by atoms with Crippen molar-refractivity contribution in [3.63, 3.8) is 0 Å². The molecule has 1 fully saturated rings. The molecule has 3 N–H and O–H groups in total. The first kappa shape index (κ1) is 15.0. The number of anilines is 1. The molecule has 1 aromatic carbocycles. The fourth-order valence-corrected chi connectivity index (χ4v) is 5.05. The number of benzene rings is 1. The van der Waals surface area contributed by atoms with Crippen LogP contribution < -0.4 is 10.5 Å². The van der Waals surface area contributed by atoms with Gasteiger partial charge in [0.1, 0.15) is 4.90 Å². The summed E-state index contributed by atoms with van der Waals surface area (Å²) in [6.45, 7) is 0. The zero-order chi connectivity index (χ0) is 14.0. The van der Waals surface area contributed by atoms with Crippen LogP contribution in [-0.4, -0.2) is 30.2 Å². The van der Waals surface area contributed by atoms with Gasteiger partial charge in [-0.2, -0.15) is 0 Å². The minimum absolute atomic E-state index is 0.0856. The van der Waals surface area contributed by atoms with E-state index < -0.39 is 20.8 Å². The molecule has 1 aliphatic heterocycles. The molecule has 8 heteroatoms. The predicted molar refractivity (Wildman–Crippen MR) is 79.8 cm³/mol. The van der Waals surface area contributed by atoms with Crippen LogP contribution in [0.25, 0.3) is 0 Å². The maximum Gasteiger partial charge on any atom is 0.242 e. The van der Waals surface area contributed by atoms with Crippen LogP contribution in [0.15, 0.2) is 27.6 Å². The molecule has 1 saturated heterocycles. The van der Waals surface area contributed by atoms with Gasteiger partial charge in [0.15, 0.2) is 0 Å². The van der Waals surface area contributed by atoms with Crippen molar-refractivity contribution in [2.24, 2.45) is 0 Å². The summed E-state index contributed by atoms with van der Waals surface area (Å²) in [7, 11) is -4.43. The van der Waals surface area contributed by atoms with Crippen LogP contribution in [0, 0.1) is 0 Å². The van der Waals surface area contributed by atoms with Crippen molar-refractivity contribution in [2.45, 2.75) is 23.8 Å². The first-order valence-electron chi connectivity index (χ1n) is 5.81. The SMILES string of the molecule is Nc1cc(Br)ccc1S(=O)(=O)NC1CCS(=O)CC1. The van der Waals surface area contributed by atoms with Crippen LogP contribution in [0.1, 0.15) is 12.8 Å². The van der Waals surface area contributed by atoms with Gasteiger partial charge in [-0.25, -0.2) is 13.1 Å². The molecule has 5 nitrogen and oxygen atoms in total. The second-order valence-electron chi connectivity index (χ2n) is 4.43. The Morgan fingerprint density at radius 2 is 1.95 bits per heavy atom. The van der Waals surface area contributed by atoms with E-state index >= 15 is 0 Å². The first-order chi connectivity index (χ1) is 8.88. The van der Waals surface area contributed by atoms with E-state index in [2.05, 4.69) is 20.7 Å². The predicted octanol–water partition coefficient (Wildman–Crippen LogP) is 1.22. The summed E-state index contributed by atoms with van der Waals surface area (Å²) >= 11 is 3.24. The maximum atomic E-state index is 12.2. The maximum absolute atomic E-state index is 12.2. The van der Waals surface area contributed by atoms with Gasteiger partial charge in [-0.1, -0.05) is 15.9 Å². The topological polar surface area (TPSA) is 89.3 Å². The number of sulfonamides is 1. The molecule has 1 aliphatic rings. The van der Waals surface area contributed by atoms with Crippen LogP contribution in [-0.2, 0) is 20.8 Å². The van der Waals surface area contributed by atoms with Gasteiger partial charge in [0.25, 0.3) is 0 Å². The highest BCUT2D eigenvalue weighted by atomic mass is 79.9. The van der Waals surface area contributed by atoms with Gasteiger partial charge in [0.05, 0.1) is 5.69 Å². The fraction of sp³-hybridized carbons (Fsp3) is 0.455. The highest BCUT2D eigenvalue weighted by molar-refractivity contribution is 9.10. The molecule has 19 heavy (non-hydrogen) atoms. The van der Waals surface area contributed by atoms with Crippen LogP contribution in [0.2, 0.25) is 0 Å². The number of halogens is 1. The van der Waals surface area contributed by atoms with Gasteiger partial charge in [0.2, 0.25) is 10.0 Å². The van der Waals surface area contributed by atoms with Crippen molar-refractivity contribution in [1.82, 2.24) is 4.72 Å². The minimum atomic E-state index is -3.62. The molecule has 0 amide bonds. The Balaban J connectivity index is 2.16. The zero-order valence-corrected chi connectivity index (χ0v) is 13.4. The second kappa shape index (κ2) is 5.90. The summed E-state index contributed by atoms with van der Waals surface area (Å²) in [6, 6.07) is 4.51. The van der Waals surface area contributed by atoms with Crippen LogP contribution >= 0.6 is 15.9 Å². The van der Waals surface area contributed by atoms with Gasteiger partial charge >= 0.3 is 0 Å². The molecule has 0 aliphatic carbocycles. The molecule has 1 aromatic rings. The third-order valence-electron chi connectivity index (χ3n) is 2.97. The Kier molecular flexibility index (Phi) is 4.65. The Bertz CT molecular complexity index is 594. The van der Waals surface area contributed by atoms with E-state index in [1.165, 1.54) is 6.07 Å². The fourth-order valence-electron chi connectivity index (χ4n) is 1.96. The van der Waals surface area contributed by atoms with Crippen molar-refractivity contribution in [3.05, 3.63) is 22.7 Å². The number of nitrogens with two attached hydrogens (primary N) is 1. The zero-order valence-electron chi connectivity index (χ0n) is 10.1. The van der Waals surface area contributed by atoms with E-state index in [1.807, 2.05) is 0 Å². The standard InChI is InChI=1S/C11H15BrN2O3S2/c12-8-1-2-11(10(13)7-8)19(16,17)14-9-3-5-18(15)6-4-9/h1-2,7,9,14H,3-6,13H2. The number of rotatable bonds is 3. The average Bonchev–Trinajstić information content (AvgIpc) is 2.31. The molecule has 106 valence electrons. The van der Waals surface area contributed by atoms with Crippen molar-refractivity contribution in [1.29, 1.82) is 0 Å². The van der Waals surface area contributed by atoms with Crippen molar-refractivity contribution >= 4 is 42.4 Å². The van der Waals surface area contributed by atoms with E-state index in [0.29, 0.717) is 24.3 Å². The van der Waals surface area contributed by atoms with E-state index in [-0.39, 0.29) is 16.6 Å². The number of nitrogens with one attached hydrogen (secondary N) is 1. The number of nitrogen functional groups attached to an aromatic ring is 1. The molecule has 1 heterocycles. The van der Waals surface area contributed by atoms with E-state index in [0.717, 1.165) is 4.47 Å². The van der Waals surface area contributed by atoms with Crippen molar-refractivity contribution < 1.29 is 12.6 Å². The smallest absolute Gasteiger partial charge is 0.242 e. The van der Waals surface area contributed by atoms with Crippen LogP contribution in [0.5, 0.6) is 0 Å². The van der Waals surface area contributed by atoms with Gasteiger partial charge in [-0.3, -0.25) is 4.21 Å². The third kappa shape index (κ3) is 3.77. The molecule has 0 bridgehead atoms. The normalized spacial score (nSPS) is 24.3. The Labute approximate surface area is 123 Å². The summed E-state index contributed by atoms with van der Waals surface area (Å²) in [6.07, 6.45) is 1.20. The van der Waals surface area contributed by atoms with Gasteiger partial charge in [-0.15, -0.1) is 0 Å². The number of hydrogen-bond acceptors (Lipinski definition) is 4. The Hall–Kier alpha value is -0.440. The molecular weight excluding hydrogens is 352 g/mol. The van der Waals surface area contributed by atoms with Crippen LogP contribution in [0.4, 0.5) is 5.69 Å². The van der Waals surface area contributed by atoms with Crippen molar-refractivity contribution in [2.75, 3.05) is 17.2 Å². The highest BCUT2D eigenvalue weighted by Gasteiger charge is 2.25. The molecule has 0 spiro atoms. The largest absolute Gasteiger partial charge is 0.398 e. The molecule has 0 saturated carbocycles. The summed E-state index contributed by atoms with van der Waals surface area (Å²) in [5.74, 6) is 1.09. The summed E-state index contributed by atoms with van der Waals surface area (Å²) < 4.78 is 39.1. The quantitative estimate of drug-likeness (QED) is 0.787. The van der Waals surface area contributed by atoms with E-state index in [9.17, 15) is 12.6 Å². The highest BCUT2D eigenvalue weighted by Crippen LogP contribution is 2.23. The lowest BCUT2D eigenvalue weighted by molar-refractivity contribution is 0.522. The van der Waals surface area contributed by atoms with Gasteiger partial charge < -0.3 is 5.73 Å². The summed E-state index contributed by atoms with van der Waals surface area (Å²) in [5.41, 5.74) is 5.95. The summed E-state index contributed by atoms with van der Waals surface area (Å²) in [4.78, 5) is 0.0856. The lowest BCUT2D eigenvalue weighted by Gasteiger charge is -2.22. The second-order valence-corrected chi connectivity index (χ2v) is 8.72. The van der Waals surface area contributed by atoms with E-state index in [1.54, 1.807) is 12.1 Å².